The molecular formula is C11H22Na2O2. The van der Waals surface area contributed by atoms with Crippen molar-refractivity contribution in [2.45, 2.75) is 51.4 Å². The topological polar surface area (TPSA) is 37.3 Å². The molecule has 0 bridgehead atoms. The van der Waals surface area contributed by atoms with Gasteiger partial charge in [0.25, 0.3) is 0 Å². The van der Waals surface area contributed by atoms with Crippen LogP contribution in [0, 0.1) is 0 Å². The standard InChI is InChI=1S/C11H20O2.2Na.2H/c1-2-3-4-5-6-7-8-9-10-11(12)13;;;;/h2H,1,3-10H2,(H,12,13);;;;/q;2*+1;2*-1. The molecule has 0 heterocycles. The van der Waals surface area contributed by atoms with Gasteiger partial charge in [-0.15, -0.1) is 6.58 Å². The molecule has 2 nitrogen and oxygen atoms in total. The van der Waals surface area contributed by atoms with Crippen LogP contribution in [0.1, 0.15) is 54.2 Å². The number of carboxylic acids is 1. The summed E-state index contributed by atoms with van der Waals surface area (Å²) in [6, 6.07) is 0. The number of unbranched alkanes of at least 4 members (excludes halogenated alkanes) is 6. The predicted octanol–water partition coefficient (Wildman–Crippen LogP) is -2.39. The zero-order valence-electron chi connectivity index (χ0n) is 12.3. The fourth-order valence-electron chi connectivity index (χ4n) is 1.27. The molecule has 0 unspecified atom stereocenters. The van der Waals surface area contributed by atoms with E-state index in [1.54, 1.807) is 0 Å². The Labute approximate surface area is 140 Å². The number of allylic oxidation sites excluding steroid dienone is 1. The maximum atomic E-state index is 10.2. The SMILES string of the molecule is C=CCCCCCCCCC(=O)O.[H-].[H-].[Na+].[Na+]. The fourth-order valence-corrected chi connectivity index (χ4v) is 1.27. The average molecular weight is 232 g/mol. The van der Waals surface area contributed by atoms with Gasteiger partial charge in [0, 0.05) is 6.42 Å². The molecule has 0 saturated carbocycles. The second-order valence-electron chi connectivity index (χ2n) is 3.34. The maximum Gasteiger partial charge on any atom is 1.00 e. The summed E-state index contributed by atoms with van der Waals surface area (Å²) >= 11 is 0. The van der Waals surface area contributed by atoms with Gasteiger partial charge in [-0.2, -0.15) is 0 Å². The number of hydrogen-bond donors (Lipinski definition) is 1. The van der Waals surface area contributed by atoms with Crippen LogP contribution in [-0.4, -0.2) is 11.1 Å². The number of hydrogen-bond acceptors (Lipinski definition) is 1. The number of aliphatic carboxylic acids is 1. The van der Waals surface area contributed by atoms with E-state index in [9.17, 15) is 4.79 Å². The summed E-state index contributed by atoms with van der Waals surface area (Å²) in [5.74, 6) is -0.674. The first-order valence-corrected chi connectivity index (χ1v) is 5.10. The predicted molar refractivity (Wildman–Crippen MR) is 57.0 cm³/mol. The first-order valence-electron chi connectivity index (χ1n) is 5.10. The van der Waals surface area contributed by atoms with E-state index in [1.807, 2.05) is 6.08 Å². The van der Waals surface area contributed by atoms with Crippen molar-refractivity contribution in [1.82, 2.24) is 0 Å². The van der Waals surface area contributed by atoms with Crippen LogP contribution in [0.2, 0.25) is 0 Å². The van der Waals surface area contributed by atoms with E-state index in [0.29, 0.717) is 6.42 Å². The molecule has 4 heteroatoms. The third-order valence-electron chi connectivity index (χ3n) is 2.05. The molecule has 0 rings (SSSR count). The quantitative estimate of drug-likeness (QED) is 0.274. The number of rotatable bonds is 9. The van der Waals surface area contributed by atoms with Crippen molar-refractivity contribution < 1.29 is 71.9 Å². The minimum absolute atomic E-state index is 0. The third kappa shape index (κ3) is 21.1. The Morgan fingerprint density at radius 2 is 1.53 bits per heavy atom. The van der Waals surface area contributed by atoms with E-state index >= 15 is 0 Å². The molecule has 0 fully saturated rings. The van der Waals surface area contributed by atoms with Crippen LogP contribution < -0.4 is 59.1 Å². The van der Waals surface area contributed by atoms with Crippen molar-refractivity contribution >= 4 is 5.97 Å². The summed E-state index contributed by atoms with van der Waals surface area (Å²) in [6.45, 7) is 3.66. The monoisotopic (exact) mass is 232 g/mol. The van der Waals surface area contributed by atoms with Crippen molar-refractivity contribution in [2.75, 3.05) is 0 Å². The van der Waals surface area contributed by atoms with Crippen molar-refractivity contribution in [2.24, 2.45) is 0 Å². The van der Waals surface area contributed by atoms with Crippen LogP contribution in [0.15, 0.2) is 12.7 Å². The Morgan fingerprint density at radius 1 is 1.07 bits per heavy atom. The van der Waals surface area contributed by atoms with Crippen LogP contribution >= 0.6 is 0 Å². The Bertz CT molecular complexity index is 158. The van der Waals surface area contributed by atoms with Gasteiger partial charge in [0.1, 0.15) is 0 Å². The molecule has 0 aliphatic heterocycles. The number of carboxylic acid groups (broad SMARTS) is 1. The molecule has 0 aliphatic carbocycles. The van der Waals surface area contributed by atoms with Crippen LogP contribution in [-0.2, 0) is 4.79 Å². The molecule has 0 radical (unpaired) electrons. The third-order valence-corrected chi connectivity index (χ3v) is 2.05. The van der Waals surface area contributed by atoms with Crippen molar-refractivity contribution in [3.8, 4) is 0 Å². The van der Waals surface area contributed by atoms with Gasteiger partial charge in [-0.3, -0.25) is 4.79 Å². The minimum atomic E-state index is -0.674. The summed E-state index contributed by atoms with van der Waals surface area (Å²) in [7, 11) is 0. The fraction of sp³-hybridized carbons (Fsp3) is 0.727. The molecule has 0 aromatic carbocycles. The summed E-state index contributed by atoms with van der Waals surface area (Å²) in [5.41, 5.74) is 0. The molecule has 0 aliphatic rings. The summed E-state index contributed by atoms with van der Waals surface area (Å²) in [6.07, 6.45) is 10.1. The van der Waals surface area contributed by atoms with Gasteiger partial charge in [-0.1, -0.05) is 31.8 Å². The second-order valence-corrected chi connectivity index (χ2v) is 3.34. The normalized spacial score (nSPS) is 8.53. The van der Waals surface area contributed by atoms with E-state index < -0.39 is 5.97 Å². The Balaban J connectivity index is -0.000000120. The molecular weight excluding hydrogens is 210 g/mol. The molecule has 15 heavy (non-hydrogen) atoms. The molecule has 0 amide bonds. The first-order chi connectivity index (χ1) is 6.27. The van der Waals surface area contributed by atoms with E-state index in [4.69, 9.17) is 5.11 Å². The van der Waals surface area contributed by atoms with Crippen molar-refractivity contribution in [3.05, 3.63) is 12.7 Å². The maximum absolute atomic E-state index is 10.2. The minimum Gasteiger partial charge on any atom is -1.00 e. The van der Waals surface area contributed by atoms with E-state index in [-0.39, 0.29) is 62.0 Å². The van der Waals surface area contributed by atoms with Gasteiger partial charge in [0.05, 0.1) is 0 Å². The summed E-state index contributed by atoms with van der Waals surface area (Å²) < 4.78 is 0. The molecule has 0 aromatic rings. The average Bonchev–Trinajstić information content (AvgIpc) is 2.09. The van der Waals surface area contributed by atoms with Gasteiger partial charge < -0.3 is 7.96 Å². The molecule has 1 N–H and O–H groups in total. The Morgan fingerprint density at radius 3 is 2.00 bits per heavy atom. The molecule has 80 valence electrons. The molecule has 0 aromatic heterocycles. The summed E-state index contributed by atoms with van der Waals surface area (Å²) in [4.78, 5) is 10.2. The Kier molecular flexibility index (Phi) is 25.2. The van der Waals surface area contributed by atoms with Crippen molar-refractivity contribution in [1.29, 1.82) is 0 Å². The van der Waals surface area contributed by atoms with Gasteiger partial charge in [-0.25, -0.2) is 0 Å². The number of carbonyl (C=O) groups is 1. The van der Waals surface area contributed by atoms with E-state index in [1.165, 1.54) is 25.7 Å². The molecule has 0 atom stereocenters. The van der Waals surface area contributed by atoms with Gasteiger partial charge >= 0.3 is 65.1 Å². The van der Waals surface area contributed by atoms with Crippen molar-refractivity contribution in [3.63, 3.8) is 0 Å². The van der Waals surface area contributed by atoms with Gasteiger partial charge in [-0.05, 0) is 19.3 Å². The van der Waals surface area contributed by atoms with Gasteiger partial charge in [0.2, 0.25) is 0 Å². The largest absolute Gasteiger partial charge is 1.00 e. The molecule has 0 saturated heterocycles. The van der Waals surface area contributed by atoms with Crippen LogP contribution in [0.3, 0.4) is 0 Å². The molecule has 0 spiro atoms. The zero-order valence-corrected chi connectivity index (χ0v) is 14.3. The first kappa shape index (κ1) is 21.5. The van der Waals surface area contributed by atoms with E-state index in [0.717, 1.165) is 19.3 Å². The smallest absolute Gasteiger partial charge is 1.00 e. The van der Waals surface area contributed by atoms with Crippen LogP contribution in [0.25, 0.3) is 0 Å². The van der Waals surface area contributed by atoms with Gasteiger partial charge in [0.15, 0.2) is 0 Å². The van der Waals surface area contributed by atoms with Crippen LogP contribution in [0.5, 0.6) is 0 Å². The Hall–Kier alpha value is 1.21. The second kappa shape index (κ2) is 17.6. The van der Waals surface area contributed by atoms with Crippen LogP contribution in [0.4, 0.5) is 0 Å². The zero-order chi connectivity index (χ0) is 9.94. The summed E-state index contributed by atoms with van der Waals surface area (Å²) in [5, 5.41) is 8.38. The van der Waals surface area contributed by atoms with E-state index in [2.05, 4.69) is 6.58 Å².